The molecule has 2 unspecified atom stereocenters. The zero-order valence-electron chi connectivity index (χ0n) is 6.79. The van der Waals surface area contributed by atoms with E-state index in [1.807, 2.05) is 9.24 Å². The molecule has 66 valence electrons. The lowest BCUT2D eigenvalue weighted by Crippen LogP contribution is -2.12. The van der Waals surface area contributed by atoms with Crippen molar-refractivity contribution in [2.45, 2.75) is 18.9 Å². The Morgan fingerprint density at radius 2 is 2.42 bits per heavy atom. The summed E-state index contributed by atoms with van der Waals surface area (Å²) in [5.41, 5.74) is 5.99. The van der Waals surface area contributed by atoms with Crippen LogP contribution in [0.4, 0.5) is 4.39 Å². The molecule has 0 saturated carbocycles. The first-order chi connectivity index (χ1) is 5.54. The van der Waals surface area contributed by atoms with Gasteiger partial charge in [0.15, 0.2) is 11.2 Å². The minimum Gasteiger partial charge on any atom is -0.325 e. The Kier molecular flexibility index (Phi) is 2.70. The van der Waals surface area contributed by atoms with Crippen LogP contribution >= 0.6 is 9.24 Å². The van der Waals surface area contributed by atoms with Crippen molar-refractivity contribution in [2.24, 2.45) is 5.73 Å². The maximum Gasteiger partial charge on any atom is 0.179 e. The summed E-state index contributed by atoms with van der Waals surface area (Å²) in [4.78, 5) is 7.73. The fourth-order valence-corrected chi connectivity index (χ4v) is 0.884. The van der Waals surface area contributed by atoms with Gasteiger partial charge in [0.05, 0.1) is 5.69 Å². The summed E-state index contributed by atoms with van der Waals surface area (Å²) < 4.78 is 13.2. The number of nitrogens with zero attached hydrogens (tertiary/aromatic N) is 2. The van der Waals surface area contributed by atoms with Gasteiger partial charge in [-0.3, -0.25) is 0 Å². The van der Waals surface area contributed by atoms with E-state index in [1.165, 1.54) is 13.1 Å². The lowest BCUT2D eigenvalue weighted by Gasteiger charge is -2.11. The first-order valence-corrected chi connectivity index (χ1v) is 4.12. The number of alkyl halides is 1. The number of nitrogens with two attached hydrogens (primary N) is 1. The second kappa shape index (κ2) is 3.42. The van der Waals surface area contributed by atoms with Crippen LogP contribution in [0.25, 0.3) is 0 Å². The van der Waals surface area contributed by atoms with Crippen molar-refractivity contribution in [1.82, 2.24) is 9.97 Å². The fourth-order valence-electron chi connectivity index (χ4n) is 0.745. The lowest BCUT2D eigenvalue weighted by atomic mass is 10.3. The Hall–Kier alpha value is -0.600. The van der Waals surface area contributed by atoms with E-state index in [1.54, 1.807) is 6.07 Å². The van der Waals surface area contributed by atoms with Gasteiger partial charge in [0.25, 0.3) is 0 Å². The van der Waals surface area contributed by atoms with Crippen molar-refractivity contribution >= 4 is 9.24 Å². The third kappa shape index (κ3) is 2.19. The monoisotopic (exact) mass is 187 g/mol. The van der Waals surface area contributed by atoms with Crippen molar-refractivity contribution in [3.8, 4) is 0 Å². The highest BCUT2D eigenvalue weighted by atomic mass is 31.0. The van der Waals surface area contributed by atoms with Gasteiger partial charge in [-0.1, -0.05) is 9.24 Å². The SMILES string of the molecule is CC(F)(P)c1nccc(CN)n1. The van der Waals surface area contributed by atoms with E-state index in [2.05, 4.69) is 9.97 Å². The summed E-state index contributed by atoms with van der Waals surface area (Å²) in [6.07, 6.45) is 1.51. The molecule has 12 heavy (non-hydrogen) atoms. The minimum atomic E-state index is -1.58. The molecule has 0 amide bonds. The van der Waals surface area contributed by atoms with Gasteiger partial charge in [0, 0.05) is 12.7 Å². The first kappa shape index (κ1) is 9.49. The number of rotatable bonds is 2. The van der Waals surface area contributed by atoms with Gasteiger partial charge in [-0.25, -0.2) is 14.4 Å². The lowest BCUT2D eigenvalue weighted by molar-refractivity contribution is 0.306. The van der Waals surface area contributed by atoms with Crippen LogP contribution < -0.4 is 5.73 Å². The van der Waals surface area contributed by atoms with E-state index in [0.29, 0.717) is 12.2 Å². The van der Waals surface area contributed by atoms with E-state index >= 15 is 0 Å². The number of hydrogen-bond acceptors (Lipinski definition) is 3. The molecule has 0 saturated heterocycles. The predicted octanol–water partition coefficient (Wildman–Crippen LogP) is 0.953. The molecular weight excluding hydrogens is 176 g/mol. The smallest absolute Gasteiger partial charge is 0.179 e. The van der Waals surface area contributed by atoms with Crippen molar-refractivity contribution < 1.29 is 4.39 Å². The van der Waals surface area contributed by atoms with Gasteiger partial charge < -0.3 is 5.73 Å². The van der Waals surface area contributed by atoms with Crippen molar-refractivity contribution in [3.05, 3.63) is 23.8 Å². The normalized spacial score (nSPS) is 15.7. The average Bonchev–Trinajstić information content (AvgIpc) is 2.03. The second-order valence-electron chi connectivity index (χ2n) is 2.65. The summed E-state index contributed by atoms with van der Waals surface area (Å²) >= 11 is 0. The van der Waals surface area contributed by atoms with E-state index in [-0.39, 0.29) is 5.82 Å². The Morgan fingerprint density at radius 1 is 1.75 bits per heavy atom. The molecule has 3 nitrogen and oxygen atoms in total. The third-order valence-corrected chi connectivity index (χ3v) is 1.62. The van der Waals surface area contributed by atoms with Gasteiger partial charge >= 0.3 is 0 Å². The van der Waals surface area contributed by atoms with Gasteiger partial charge in [0.1, 0.15) is 0 Å². The predicted molar refractivity (Wildman–Crippen MR) is 48.1 cm³/mol. The number of hydrogen-bond donors (Lipinski definition) is 1. The molecule has 1 heterocycles. The highest BCUT2D eigenvalue weighted by molar-refractivity contribution is 7.18. The van der Waals surface area contributed by atoms with E-state index in [0.717, 1.165) is 0 Å². The fraction of sp³-hybridized carbons (Fsp3) is 0.429. The third-order valence-electron chi connectivity index (χ3n) is 1.36. The molecule has 1 aromatic heterocycles. The van der Waals surface area contributed by atoms with Crippen LogP contribution in [0.3, 0.4) is 0 Å². The summed E-state index contributed by atoms with van der Waals surface area (Å²) in [6, 6.07) is 1.67. The molecule has 0 radical (unpaired) electrons. The summed E-state index contributed by atoms with van der Waals surface area (Å²) in [7, 11) is 2.04. The van der Waals surface area contributed by atoms with Crippen molar-refractivity contribution in [1.29, 1.82) is 0 Å². The summed E-state index contributed by atoms with van der Waals surface area (Å²) in [6.45, 7) is 1.68. The molecular formula is C7H11FN3P. The van der Waals surface area contributed by atoms with Crippen molar-refractivity contribution in [2.75, 3.05) is 0 Å². The zero-order valence-corrected chi connectivity index (χ0v) is 7.94. The Labute approximate surface area is 72.8 Å². The van der Waals surface area contributed by atoms with Crippen molar-refractivity contribution in [3.63, 3.8) is 0 Å². The summed E-state index contributed by atoms with van der Waals surface area (Å²) in [5, 5.41) is -1.58. The largest absolute Gasteiger partial charge is 0.325 e. The molecule has 0 fully saturated rings. The van der Waals surface area contributed by atoms with E-state index in [4.69, 9.17) is 5.73 Å². The van der Waals surface area contributed by atoms with Gasteiger partial charge in [-0.2, -0.15) is 0 Å². The van der Waals surface area contributed by atoms with Crippen LogP contribution in [0.15, 0.2) is 12.3 Å². The van der Waals surface area contributed by atoms with Crippen LogP contribution in [0, 0.1) is 0 Å². The second-order valence-corrected chi connectivity index (χ2v) is 3.74. The Balaban J connectivity index is 3.02. The van der Waals surface area contributed by atoms with Crippen LogP contribution in [0.2, 0.25) is 0 Å². The maximum atomic E-state index is 13.2. The van der Waals surface area contributed by atoms with Crippen LogP contribution in [0.5, 0.6) is 0 Å². The quantitative estimate of drug-likeness (QED) is 0.701. The van der Waals surface area contributed by atoms with Crippen LogP contribution in [-0.2, 0) is 12.0 Å². The minimum absolute atomic E-state index is 0.149. The van der Waals surface area contributed by atoms with Gasteiger partial charge in [-0.15, -0.1) is 0 Å². The standard InChI is InChI=1S/C7H11FN3P/c1-7(8,12)6-10-3-2-5(4-9)11-6/h2-3H,4,9,12H2,1H3. The maximum absolute atomic E-state index is 13.2. The Bertz CT molecular complexity index is 272. The molecule has 0 aliphatic rings. The summed E-state index contributed by atoms with van der Waals surface area (Å²) in [5.74, 6) is 0.149. The molecule has 2 N–H and O–H groups in total. The van der Waals surface area contributed by atoms with Crippen LogP contribution in [-0.4, -0.2) is 9.97 Å². The average molecular weight is 187 g/mol. The molecule has 1 aromatic rings. The molecule has 0 aromatic carbocycles. The highest BCUT2D eigenvalue weighted by Crippen LogP contribution is 2.29. The topological polar surface area (TPSA) is 51.8 Å². The van der Waals surface area contributed by atoms with Gasteiger partial charge in [0.2, 0.25) is 0 Å². The zero-order chi connectivity index (χ0) is 9.19. The van der Waals surface area contributed by atoms with Crippen LogP contribution in [0.1, 0.15) is 18.4 Å². The molecule has 1 rings (SSSR count). The molecule has 0 aliphatic heterocycles. The number of halogens is 1. The molecule has 2 atom stereocenters. The van der Waals surface area contributed by atoms with E-state index in [9.17, 15) is 4.39 Å². The van der Waals surface area contributed by atoms with Gasteiger partial charge in [-0.05, 0) is 13.0 Å². The molecule has 0 aliphatic carbocycles. The molecule has 0 spiro atoms. The molecule has 0 bridgehead atoms. The number of aromatic nitrogens is 2. The molecule has 5 heteroatoms. The first-order valence-electron chi connectivity index (χ1n) is 3.54. The Morgan fingerprint density at radius 3 is 2.92 bits per heavy atom. The highest BCUT2D eigenvalue weighted by Gasteiger charge is 2.22. The van der Waals surface area contributed by atoms with E-state index < -0.39 is 5.41 Å².